The van der Waals surface area contributed by atoms with Crippen LogP contribution in [0.25, 0.3) is 21.8 Å². The van der Waals surface area contributed by atoms with Gasteiger partial charge in [0.15, 0.2) is 11.6 Å². The van der Waals surface area contributed by atoms with E-state index in [2.05, 4.69) is 5.10 Å². The smallest absolute Gasteiger partial charge is 0.273 e. The fraction of sp³-hybridized carbons (Fsp3) is 0.261. The van der Waals surface area contributed by atoms with E-state index in [0.717, 1.165) is 24.0 Å². The Morgan fingerprint density at radius 1 is 0.938 bits per heavy atom. The fourth-order valence-corrected chi connectivity index (χ4v) is 4.09. The Morgan fingerprint density at radius 2 is 1.59 bits per heavy atom. The molecule has 0 unspecified atom stereocenters. The van der Waals surface area contributed by atoms with Gasteiger partial charge < -0.3 is 4.90 Å². The number of aromatic nitrogens is 4. The summed E-state index contributed by atoms with van der Waals surface area (Å²) in [6, 6.07) is 14.2. The van der Waals surface area contributed by atoms with Crippen molar-refractivity contribution in [3.05, 3.63) is 69.2 Å². The number of aryl methyl sites for hydroxylation is 1. The number of aromatic amines is 1. The van der Waals surface area contributed by atoms with Crippen molar-refractivity contribution in [1.29, 1.82) is 0 Å². The minimum atomic E-state index is -0.355. The molecule has 0 bridgehead atoms. The van der Waals surface area contributed by atoms with Crippen LogP contribution >= 0.6 is 0 Å². The SMILES string of the molecule is CN1CCCN(C(=O)CCn2[nH]c(=O)c3ccccc3c2=O)c2nc3ccccc3nc21. The van der Waals surface area contributed by atoms with E-state index in [-0.39, 0.29) is 30.0 Å². The number of hydrogen-bond acceptors (Lipinski definition) is 6. The van der Waals surface area contributed by atoms with Crippen LogP contribution in [-0.4, -0.2) is 45.8 Å². The van der Waals surface area contributed by atoms with Gasteiger partial charge in [-0.2, -0.15) is 0 Å². The van der Waals surface area contributed by atoms with Crippen molar-refractivity contribution in [3.8, 4) is 0 Å². The number of para-hydroxylation sites is 2. The zero-order valence-electron chi connectivity index (χ0n) is 17.6. The Bertz CT molecular complexity index is 1460. The standard InChI is InChI=1S/C23H22N6O3/c1-27-12-6-13-28(21-20(27)24-17-9-4-5-10-18(17)25-21)19(30)11-14-29-23(32)16-8-3-2-7-15(16)22(31)26-29/h2-5,7-10H,6,11-14H2,1H3,(H,26,31). The first-order chi connectivity index (χ1) is 15.5. The molecular formula is C23H22N6O3. The number of fused-ring (bicyclic) bond motifs is 3. The monoisotopic (exact) mass is 430 g/mol. The number of nitrogens with zero attached hydrogens (tertiary/aromatic N) is 5. The van der Waals surface area contributed by atoms with Crippen LogP contribution in [0.1, 0.15) is 12.8 Å². The average molecular weight is 430 g/mol. The molecule has 162 valence electrons. The summed E-state index contributed by atoms with van der Waals surface area (Å²) in [6.07, 6.45) is 0.815. The van der Waals surface area contributed by atoms with E-state index in [1.165, 1.54) is 4.68 Å². The molecule has 4 aromatic rings. The minimum absolute atomic E-state index is 0.0475. The highest BCUT2D eigenvalue weighted by Crippen LogP contribution is 2.30. The van der Waals surface area contributed by atoms with Gasteiger partial charge in [-0.15, -0.1) is 0 Å². The number of H-pyrrole nitrogens is 1. The van der Waals surface area contributed by atoms with E-state index in [9.17, 15) is 14.4 Å². The van der Waals surface area contributed by atoms with Gasteiger partial charge in [-0.3, -0.25) is 24.4 Å². The maximum atomic E-state index is 13.2. The van der Waals surface area contributed by atoms with Crippen LogP contribution in [0.2, 0.25) is 0 Å². The predicted octanol–water partition coefficient (Wildman–Crippen LogP) is 1.90. The molecule has 32 heavy (non-hydrogen) atoms. The molecule has 0 fully saturated rings. The second-order valence-corrected chi connectivity index (χ2v) is 7.87. The van der Waals surface area contributed by atoms with Gasteiger partial charge in [0.2, 0.25) is 5.91 Å². The van der Waals surface area contributed by atoms with Crippen LogP contribution in [0.5, 0.6) is 0 Å². The van der Waals surface area contributed by atoms with Crippen molar-refractivity contribution in [2.24, 2.45) is 0 Å². The second-order valence-electron chi connectivity index (χ2n) is 7.87. The van der Waals surface area contributed by atoms with Gasteiger partial charge in [-0.25, -0.2) is 14.6 Å². The molecule has 0 saturated carbocycles. The van der Waals surface area contributed by atoms with E-state index in [1.54, 1.807) is 29.2 Å². The number of rotatable bonds is 3. The summed E-state index contributed by atoms with van der Waals surface area (Å²) in [4.78, 5) is 51.4. The summed E-state index contributed by atoms with van der Waals surface area (Å²) in [5.74, 6) is 1.01. The molecule has 0 radical (unpaired) electrons. The molecule has 1 amide bonds. The lowest BCUT2D eigenvalue weighted by Crippen LogP contribution is -2.35. The molecule has 1 aliphatic rings. The Labute approximate surface area is 182 Å². The highest BCUT2D eigenvalue weighted by atomic mass is 16.2. The third kappa shape index (κ3) is 3.41. The van der Waals surface area contributed by atoms with Crippen molar-refractivity contribution in [1.82, 2.24) is 19.7 Å². The predicted molar refractivity (Wildman–Crippen MR) is 123 cm³/mol. The summed E-state index contributed by atoms with van der Waals surface area (Å²) < 4.78 is 1.21. The molecular weight excluding hydrogens is 408 g/mol. The van der Waals surface area contributed by atoms with Gasteiger partial charge in [0, 0.05) is 26.6 Å². The van der Waals surface area contributed by atoms with E-state index >= 15 is 0 Å². The average Bonchev–Trinajstić information content (AvgIpc) is 2.97. The minimum Gasteiger partial charge on any atom is -0.357 e. The summed E-state index contributed by atoms with van der Waals surface area (Å²) in [6.45, 7) is 1.33. The van der Waals surface area contributed by atoms with Crippen molar-refractivity contribution in [3.63, 3.8) is 0 Å². The van der Waals surface area contributed by atoms with Crippen LogP contribution in [0.3, 0.4) is 0 Å². The maximum Gasteiger partial charge on any atom is 0.273 e. The van der Waals surface area contributed by atoms with Gasteiger partial charge >= 0.3 is 0 Å². The number of carbonyl (C=O) groups excluding carboxylic acids is 1. The molecule has 0 atom stereocenters. The van der Waals surface area contributed by atoms with Gasteiger partial charge in [0.25, 0.3) is 11.1 Å². The third-order valence-corrected chi connectivity index (χ3v) is 5.76. The lowest BCUT2D eigenvalue weighted by atomic mass is 10.2. The van der Waals surface area contributed by atoms with Crippen LogP contribution in [-0.2, 0) is 11.3 Å². The number of carbonyl (C=O) groups is 1. The van der Waals surface area contributed by atoms with Crippen molar-refractivity contribution < 1.29 is 4.79 Å². The molecule has 1 aliphatic heterocycles. The van der Waals surface area contributed by atoms with Gasteiger partial charge in [-0.1, -0.05) is 24.3 Å². The molecule has 1 N–H and O–H groups in total. The molecule has 9 nitrogen and oxygen atoms in total. The van der Waals surface area contributed by atoms with Crippen molar-refractivity contribution >= 4 is 39.3 Å². The summed E-state index contributed by atoms with van der Waals surface area (Å²) >= 11 is 0. The summed E-state index contributed by atoms with van der Waals surface area (Å²) in [5, 5.41) is 3.26. The highest BCUT2D eigenvalue weighted by molar-refractivity contribution is 5.96. The Balaban J connectivity index is 1.47. The van der Waals surface area contributed by atoms with Gasteiger partial charge in [0.1, 0.15) is 0 Å². The first kappa shape index (κ1) is 19.9. The van der Waals surface area contributed by atoms with E-state index in [1.807, 2.05) is 36.2 Å². The van der Waals surface area contributed by atoms with E-state index < -0.39 is 0 Å². The Kier molecular flexibility index (Phi) is 4.93. The molecule has 9 heteroatoms. The number of amides is 1. The number of nitrogens with one attached hydrogen (secondary N) is 1. The lowest BCUT2D eigenvalue weighted by Gasteiger charge is -2.23. The largest absolute Gasteiger partial charge is 0.357 e. The fourth-order valence-electron chi connectivity index (χ4n) is 4.09. The second kappa shape index (κ2) is 7.92. The molecule has 5 rings (SSSR count). The zero-order chi connectivity index (χ0) is 22.2. The van der Waals surface area contributed by atoms with Gasteiger partial charge in [0.05, 0.1) is 28.4 Å². The number of benzene rings is 2. The molecule has 0 saturated heterocycles. The van der Waals surface area contributed by atoms with Crippen LogP contribution < -0.4 is 20.9 Å². The first-order valence-corrected chi connectivity index (χ1v) is 10.5. The lowest BCUT2D eigenvalue weighted by molar-refractivity contribution is -0.118. The molecule has 0 aliphatic carbocycles. The first-order valence-electron chi connectivity index (χ1n) is 10.5. The Morgan fingerprint density at radius 3 is 2.34 bits per heavy atom. The Hall–Kier alpha value is -4.01. The summed E-state index contributed by atoms with van der Waals surface area (Å²) in [5.41, 5.74) is 0.809. The topological polar surface area (TPSA) is 104 Å². The third-order valence-electron chi connectivity index (χ3n) is 5.76. The van der Waals surface area contributed by atoms with Crippen molar-refractivity contribution in [2.45, 2.75) is 19.4 Å². The molecule has 0 spiro atoms. The maximum absolute atomic E-state index is 13.2. The number of anilines is 2. The molecule has 2 aromatic carbocycles. The van der Waals surface area contributed by atoms with Crippen LogP contribution in [0, 0.1) is 0 Å². The van der Waals surface area contributed by atoms with E-state index in [0.29, 0.717) is 29.0 Å². The molecule has 2 aromatic heterocycles. The quantitative estimate of drug-likeness (QED) is 0.532. The zero-order valence-corrected chi connectivity index (χ0v) is 17.6. The van der Waals surface area contributed by atoms with Crippen LogP contribution in [0.15, 0.2) is 58.1 Å². The molecule has 3 heterocycles. The van der Waals surface area contributed by atoms with E-state index in [4.69, 9.17) is 9.97 Å². The highest BCUT2D eigenvalue weighted by Gasteiger charge is 2.26. The van der Waals surface area contributed by atoms with Crippen molar-refractivity contribution in [2.75, 3.05) is 29.9 Å². The number of hydrogen-bond donors (Lipinski definition) is 1. The van der Waals surface area contributed by atoms with Gasteiger partial charge in [-0.05, 0) is 30.7 Å². The summed E-state index contributed by atoms with van der Waals surface area (Å²) in [7, 11) is 1.94. The normalized spacial score (nSPS) is 13.9. The van der Waals surface area contributed by atoms with Crippen LogP contribution in [0.4, 0.5) is 11.6 Å².